The zero-order chi connectivity index (χ0) is 20.2. The molecule has 2 heterocycles. The molecule has 4 rings (SSSR count). The van der Waals surface area contributed by atoms with Gasteiger partial charge >= 0.3 is 6.09 Å². The maximum absolute atomic E-state index is 12.1. The Morgan fingerprint density at radius 1 is 1.21 bits per heavy atom. The molecule has 1 saturated carbocycles. The minimum atomic E-state index is -0.361. The Kier molecular flexibility index (Phi) is 5.64. The minimum absolute atomic E-state index is 0.107. The van der Waals surface area contributed by atoms with Crippen molar-refractivity contribution in [1.29, 1.82) is 0 Å². The lowest BCUT2D eigenvalue weighted by Gasteiger charge is -2.17. The number of alkyl carbamates (subject to hydrolysis) is 1. The number of benzene rings is 1. The van der Waals surface area contributed by atoms with Crippen LogP contribution in [0.4, 0.5) is 10.6 Å². The van der Waals surface area contributed by atoms with Crippen molar-refractivity contribution < 1.29 is 9.53 Å². The lowest BCUT2D eigenvalue weighted by atomic mass is 10.1. The van der Waals surface area contributed by atoms with Gasteiger partial charge in [-0.2, -0.15) is 9.61 Å². The van der Waals surface area contributed by atoms with E-state index in [-0.39, 0.29) is 24.8 Å². The van der Waals surface area contributed by atoms with E-state index in [0.29, 0.717) is 5.92 Å². The Balaban J connectivity index is 1.33. The van der Waals surface area contributed by atoms with E-state index in [1.165, 1.54) is 0 Å². The van der Waals surface area contributed by atoms with Gasteiger partial charge in [0.25, 0.3) is 0 Å². The summed E-state index contributed by atoms with van der Waals surface area (Å²) in [6.07, 6.45) is 4.15. The molecule has 0 bridgehead atoms. The first-order valence-corrected chi connectivity index (χ1v) is 10.2. The molecular formula is C22H27N5O2. The number of carbonyl (C=O) groups is 1. The summed E-state index contributed by atoms with van der Waals surface area (Å²) in [5, 5.41) is 11.0. The quantitative estimate of drug-likeness (QED) is 0.659. The van der Waals surface area contributed by atoms with E-state index < -0.39 is 0 Å². The third-order valence-electron chi connectivity index (χ3n) is 5.29. The highest BCUT2D eigenvalue weighted by Crippen LogP contribution is 2.25. The van der Waals surface area contributed by atoms with Gasteiger partial charge in [-0.25, -0.2) is 9.78 Å². The first kappa shape index (κ1) is 19.2. The van der Waals surface area contributed by atoms with Crippen molar-refractivity contribution in [2.24, 2.45) is 0 Å². The number of amides is 1. The van der Waals surface area contributed by atoms with Crippen molar-refractivity contribution in [3.8, 4) is 0 Å². The topological polar surface area (TPSA) is 80.5 Å². The second kappa shape index (κ2) is 8.51. The molecule has 0 aliphatic heterocycles. The summed E-state index contributed by atoms with van der Waals surface area (Å²) in [6.45, 7) is 4.55. The van der Waals surface area contributed by atoms with E-state index in [1.807, 2.05) is 40.9 Å². The molecule has 1 fully saturated rings. The number of aromatic nitrogens is 3. The van der Waals surface area contributed by atoms with Crippen LogP contribution in [-0.2, 0) is 11.3 Å². The summed E-state index contributed by atoms with van der Waals surface area (Å²) in [6, 6.07) is 14.1. The molecule has 1 aromatic carbocycles. The maximum Gasteiger partial charge on any atom is 0.407 e. The smallest absolute Gasteiger partial charge is 0.407 e. The van der Waals surface area contributed by atoms with Gasteiger partial charge in [-0.3, -0.25) is 0 Å². The van der Waals surface area contributed by atoms with Gasteiger partial charge in [0, 0.05) is 29.9 Å². The molecule has 1 aliphatic rings. The van der Waals surface area contributed by atoms with Crippen LogP contribution < -0.4 is 10.6 Å². The number of fused-ring (bicyclic) bond motifs is 1. The third-order valence-corrected chi connectivity index (χ3v) is 5.29. The highest BCUT2D eigenvalue weighted by molar-refractivity contribution is 5.67. The van der Waals surface area contributed by atoms with Gasteiger partial charge in [0.15, 0.2) is 5.65 Å². The SMILES string of the molecule is CC(C)c1cc(N[C@@H]2CC[C@@H](NC(=O)OCc3ccccc3)C2)n2nccc2n1. The average Bonchev–Trinajstić information content (AvgIpc) is 3.36. The summed E-state index contributed by atoms with van der Waals surface area (Å²) in [5.74, 6) is 1.29. The normalized spacial score (nSPS) is 18.9. The van der Waals surface area contributed by atoms with Gasteiger partial charge in [-0.05, 0) is 30.7 Å². The fourth-order valence-electron chi connectivity index (χ4n) is 3.72. The Labute approximate surface area is 170 Å². The maximum atomic E-state index is 12.1. The van der Waals surface area contributed by atoms with E-state index in [4.69, 9.17) is 4.74 Å². The molecule has 2 N–H and O–H groups in total. The van der Waals surface area contributed by atoms with Crippen molar-refractivity contribution >= 4 is 17.6 Å². The van der Waals surface area contributed by atoms with Crippen LogP contribution >= 0.6 is 0 Å². The highest BCUT2D eigenvalue weighted by Gasteiger charge is 2.27. The minimum Gasteiger partial charge on any atom is -0.445 e. The summed E-state index contributed by atoms with van der Waals surface area (Å²) in [5.41, 5.74) is 2.86. The molecule has 0 unspecified atom stereocenters. The van der Waals surface area contributed by atoms with Crippen molar-refractivity contribution in [1.82, 2.24) is 19.9 Å². The summed E-state index contributed by atoms with van der Waals surface area (Å²) in [7, 11) is 0. The summed E-state index contributed by atoms with van der Waals surface area (Å²) >= 11 is 0. The molecule has 3 aromatic rings. The number of nitrogens with one attached hydrogen (secondary N) is 2. The zero-order valence-electron chi connectivity index (χ0n) is 16.8. The summed E-state index contributed by atoms with van der Waals surface area (Å²) < 4.78 is 7.17. The van der Waals surface area contributed by atoms with Crippen LogP contribution in [0.1, 0.15) is 50.3 Å². The first-order chi connectivity index (χ1) is 14.1. The number of hydrogen-bond donors (Lipinski definition) is 2. The van der Waals surface area contributed by atoms with E-state index in [1.54, 1.807) is 6.20 Å². The molecule has 7 heteroatoms. The predicted octanol–water partition coefficient (Wildman–Crippen LogP) is 4.11. The first-order valence-electron chi connectivity index (χ1n) is 10.2. The standard InChI is InChI=1S/C22H27N5O2/c1-15(2)19-13-21(27-20(26-19)10-11-23-27)24-17-8-9-18(12-17)25-22(28)29-14-16-6-4-3-5-7-16/h3-7,10-11,13,15,17-18,24H,8-9,12,14H2,1-2H3,(H,25,28)/t17-,18-/m1/s1. The van der Waals surface area contributed by atoms with Crippen LogP contribution in [0.5, 0.6) is 0 Å². The lowest BCUT2D eigenvalue weighted by Crippen LogP contribution is -2.34. The molecule has 0 spiro atoms. The Morgan fingerprint density at radius 3 is 2.79 bits per heavy atom. The second-order valence-electron chi connectivity index (χ2n) is 7.88. The number of nitrogens with zero attached hydrogens (tertiary/aromatic N) is 3. The van der Waals surface area contributed by atoms with Crippen molar-refractivity contribution in [3.63, 3.8) is 0 Å². The molecular weight excluding hydrogens is 366 g/mol. The van der Waals surface area contributed by atoms with Crippen LogP contribution in [0, 0.1) is 0 Å². The Bertz CT molecular complexity index is 970. The highest BCUT2D eigenvalue weighted by atomic mass is 16.5. The number of carbonyl (C=O) groups excluding carboxylic acids is 1. The molecule has 7 nitrogen and oxygen atoms in total. The van der Waals surface area contributed by atoms with E-state index in [2.05, 4.69) is 40.6 Å². The van der Waals surface area contributed by atoms with Crippen molar-refractivity contribution in [3.05, 3.63) is 59.9 Å². The van der Waals surface area contributed by atoms with E-state index in [0.717, 1.165) is 42.0 Å². The monoisotopic (exact) mass is 393 g/mol. The van der Waals surface area contributed by atoms with Crippen molar-refractivity contribution in [2.75, 3.05) is 5.32 Å². The number of anilines is 1. The lowest BCUT2D eigenvalue weighted by molar-refractivity contribution is 0.136. The molecule has 29 heavy (non-hydrogen) atoms. The van der Waals surface area contributed by atoms with Gasteiger partial charge in [0.05, 0.1) is 6.20 Å². The fourth-order valence-corrected chi connectivity index (χ4v) is 3.72. The Morgan fingerprint density at radius 2 is 2.00 bits per heavy atom. The predicted molar refractivity (Wildman–Crippen MR) is 112 cm³/mol. The molecule has 0 saturated heterocycles. The third kappa shape index (κ3) is 4.67. The van der Waals surface area contributed by atoms with Crippen LogP contribution in [0.15, 0.2) is 48.7 Å². The van der Waals surface area contributed by atoms with Gasteiger partial charge in [0.1, 0.15) is 12.4 Å². The van der Waals surface area contributed by atoms with E-state index >= 15 is 0 Å². The summed E-state index contributed by atoms with van der Waals surface area (Å²) in [4.78, 5) is 16.8. The molecule has 0 radical (unpaired) electrons. The van der Waals surface area contributed by atoms with Crippen LogP contribution in [0.25, 0.3) is 5.65 Å². The van der Waals surface area contributed by atoms with Gasteiger partial charge in [-0.15, -0.1) is 0 Å². The van der Waals surface area contributed by atoms with Gasteiger partial charge in [0.2, 0.25) is 0 Å². The number of ether oxygens (including phenoxy) is 1. The molecule has 1 amide bonds. The fraction of sp³-hybridized carbons (Fsp3) is 0.409. The Hall–Kier alpha value is -3.09. The molecule has 2 aromatic heterocycles. The zero-order valence-corrected chi connectivity index (χ0v) is 16.8. The second-order valence-corrected chi connectivity index (χ2v) is 7.88. The van der Waals surface area contributed by atoms with Crippen LogP contribution in [0.3, 0.4) is 0 Å². The van der Waals surface area contributed by atoms with Crippen LogP contribution in [-0.4, -0.2) is 32.8 Å². The van der Waals surface area contributed by atoms with Gasteiger partial charge < -0.3 is 15.4 Å². The number of hydrogen-bond acceptors (Lipinski definition) is 5. The molecule has 152 valence electrons. The van der Waals surface area contributed by atoms with Gasteiger partial charge in [-0.1, -0.05) is 44.2 Å². The number of rotatable bonds is 6. The molecule has 2 atom stereocenters. The van der Waals surface area contributed by atoms with Crippen molar-refractivity contribution in [2.45, 2.75) is 57.7 Å². The average molecular weight is 393 g/mol. The van der Waals surface area contributed by atoms with E-state index in [9.17, 15) is 4.79 Å². The van der Waals surface area contributed by atoms with Crippen LogP contribution in [0.2, 0.25) is 0 Å². The molecule has 1 aliphatic carbocycles. The largest absolute Gasteiger partial charge is 0.445 e.